The van der Waals surface area contributed by atoms with Gasteiger partial charge in [0.2, 0.25) is 0 Å². The van der Waals surface area contributed by atoms with E-state index in [1.54, 1.807) is 7.11 Å². The lowest BCUT2D eigenvalue weighted by atomic mass is 9.53. The number of hydrogen-bond donors (Lipinski definition) is 1. The monoisotopic (exact) mass is 310 g/mol. The molecule has 1 aromatic carbocycles. The van der Waals surface area contributed by atoms with Crippen molar-refractivity contribution < 1.29 is 9.84 Å². The van der Waals surface area contributed by atoms with Gasteiger partial charge in [0, 0.05) is 5.41 Å². The highest BCUT2D eigenvalue weighted by Gasteiger charge is 2.61. The number of aryl methyl sites for hydroxylation is 1. The summed E-state index contributed by atoms with van der Waals surface area (Å²) in [6, 6.07) is 6.59. The van der Waals surface area contributed by atoms with Crippen molar-refractivity contribution in [1.29, 1.82) is 0 Å². The van der Waals surface area contributed by atoms with Crippen LogP contribution in [-0.2, 0) is 6.42 Å². The van der Waals surface area contributed by atoms with Crippen molar-refractivity contribution in [3.63, 3.8) is 0 Å². The number of rotatable bonds is 1. The fourth-order valence-electron chi connectivity index (χ4n) is 5.94. The Kier molecular flexibility index (Phi) is 3.29. The average Bonchev–Trinajstić information content (AvgIpc) is 2.86. The summed E-state index contributed by atoms with van der Waals surface area (Å²) in [5.41, 5.74) is 1.97. The van der Waals surface area contributed by atoms with E-state index < -0.39 is 5.60 Å². The highest BCUT2D eigenvalue weighted by atomic mass is 16.5. The lowest BCUT2D eigenvalue weighted by molar-refractivity contribution is -0.0646. The van der Waals surface area contributed by atoms with Gasteiger partial charge in [0.05, 0.1) is 7.11 Å². The van der Waals surface area contributed by atoms with Crippen LogP contribution < -0.4 is 4.74 Å². The van der Waals surface area contributed by atoms with E-state index in [9.17, 15) is 5.11 Å². The SMILES string of the molecule is C#C[C@@]1(O)CC[C@H]2[C@@H]3CCc4cc(OC)ccc4[C@H]3CC[C@@]21C. The molecule has 2 fully saturated rings. The lowest BCUT2D eigenvalue weighted by Crippen LogP contribution is -2.50. The van der Waals surface area contributed by atoms with Gasteiger partial charge in [0.1, 0.15) is 11.4 Å². The first-order valence-electron chi connectivity index (χ1n) is 8.89. The number of benzene rings is 1. The number of hydrogen-bond acceptors (Lipinski definition) is 2. The molecule has 5 atom stereocenters. The molecule has 3 aliphatic rings. The Labute approximate surface area is 139 Å². The van der Waals surface area contributed by atoms with Gasteiger partial charge >= 0.3 is 0 Å². The molecule has 2 heteroatoms. The molecule has 0 bridgehead atoms. The summed E-state index contributed by atoms with van der Waals surface area (Å²) in [4.78, 5) is 0. The van der Waals surface area contributed by atoms with Crippen LogP contribution in [0.15, 0.2) is 18.2 Å². The maximum Gasteiger partial charge on any atom is 0.130 e. The molecule has 0 heterocycles. The summed E-state index contributed by atoms with van der Waals surface area (Å²) in [6.45, 7) is 2.24. The first kappa shape index (κ1) is 15.1. The zero-order valence-electron chi connectivity index (χ0n) is 14.1. The van der Waals surface area contributed by atoms with Crippen molar-refractivity contribution in [2.75, 3.05) is 7.11 Å². The quantitative estimate of drug-likeness (QED) is 0.797. The lowest BCUT2D eigenvalue weighted by Gasteiger charge is -2.52. The summed E-state index contributed by atoms with van der Waals surface area (Å²) in [7, 11) is 1.73. The van der Waals surface area contributed by atoms with Crippen LogP contribution in [0.1, 0.15) is 56.1 Å². The molecule has 0 aliphatic heterocycles. The molecule has 1 aromatic rings. The fourth-order valence-corrected chi connectivity index (χ4v) is 5.94. The number of fused-ring (bicyclic) bond motifs is 5. The predicted molar refractivity (Wildman–Crippen MR) is 91.4 cm³/mol. The number of aliphatic hydroxyl groups is 1. The van der Waals surface area contributed by atoms with E-state index >= 15 is 0 Å². The third kappa shape index (κ3) is 1.93. The maximum atomic E-state index is 11.0. The van der Waals surface area contributed by atoms with Gasteiger partial charge in [-0.15, -0.1) is 6.42 Å². The van der Waals surface area contributed by atoms with Gasteiger partial charge in [-0.3, -0.25) is 0 Å². The molecule has 0 aromatic heterocycles. The van der Waals surface area contributed by atoms with E-state index in [4.69, 9.17) is 11.2 Å². The van der Waals surface area contributed by atoms with Crippen molar-refractivity contribution >= 4 is 0 Å². The Balaban J connectivity index is 1.70. The van der Waals surface area contributed by atoms with Gasteiger partial charge in [-0.05, 0) is 79.5 Å². The van der Waals surface area contributed by atoms with E-state index in [0.717, 1.165) is 37.9 Å². The normalized spacial score (nSPS) is 41.4. The molecular formula is C21H26O2. The van der Waals surface area contributed by atoms with Crippen LogP contribution in [0.25, 0.3) is 0 Å². The molecule has 0 unspecified atom stereocenters. The van der Waals surface area contributed by atoms with Crippen LogP contribution in [0.5, 0.6) is 5.75 Å². The van der Waals surface area contributed by atoms with E-state index in [2.05, 4.69) is 31.0 Å². The minimum atomic E-state index is -0.900. The van der Waals surface area contributed by atoms with Crippen LogP contribution in [0.2, 0.25) is 0 Å². The molecule has 0 saturated heterocycles. The summed E-state index contributed by atoms with van der Waals surface area (Å²) >= 11 is 0. The Morgan fingerprint density at radius 1 is 1.26 bits per heavy atom. The van der Waals surface area contributed by atoms with Crippen LogP contribution in [-0.4, -0.2) is 17.8 Å². The van der Waals surface area contributed by atoms with E-state index in [0.29, 0.717) is 17.8 Å². The van der Waals surface area contributed by atoms with Crippen LogP contribution in [0.4, 0.5) is 0 Å². The molecule has 0 amide bonds. The third-order valence-corrected chi connectivity index (χ3v) is 7.32. The predicted octanol–water partition coefficient (Wildman–Crippen LogP) is 3.92. The second kappa shape index (κ2) is 5.02. The van der Waals surface area contributed by atoms with E-state index in [1.807, 2.05) is 0 Å². The van der Waals surface area contributed by atoms with Gasteiger partial charge in [0.25, 0.3) is 0 Å². The van der Waals surface area contributed by atoms with Gasteiger partial charge in [-0.2, -0.15) is 0 Å². The highest BCUT2D eigenvalue weighted by molar-refractivity contribution is 5.41. The summed E-state index contributed by atoms with van der Waals surface area (Å²) in [5.74, 6) is 5.56. The molecular weight excluding hydrogens is 284 g/mol. The van der Waals surface area contributed by atoms with Crippen molar-refractivity contribution in [2.24, 2.45) is 17.3 Å². The van der Waals surface area contributed by atoms with Gasteiger partial charge < -0.3 is 9.84 Å². The topological polar surface area (TPSA) is 29.5 Å². The van der Waals surface area contributed by atoms with Gasteiger partial charge in [0.15, 0.2) is 0 Å². The first-order chi connectivity index (χ1) is 11.0. The largest absolute Gasteiger partial charge is 0.497 e. The van der Waals surface area contributed by atoms with E-state index in [1.165, 1.54) is 17.5 Å². The maximum absolute atomic E-state index is 11.0. The fraction of sp³-hybridized carbons (Fsp3) is 0.619. The Hall–Kier alpha value is -1.46. The standard InChI is InChI=1S/C21H26O2/c1-4-21(22)12-10-19-18-7-5-14-13-15(23-3)6-8-16(14)17(18)9-11-20(19,21)2/h1,6,8,13,17-19,22H,5,7,9-12H2,2-3H3/t17-,18-,19+,20+,21-/m1/s1. The second-order valence-electron chi connectivity index (χ2n) is 7.98. The highest BCUT2D eigenvalue weighted by Crippen LogP contribution is 2.64. The number of terminal acetylenes is 1. The molecule has 0 radical (unpaired) electrons. The molecule has 2 nitrogen and oxygen atoms in total. The molecule has 4 rings (SSSR count). The van der Waals surface area contributed by atoms with Crippen molar-refractivity contribution in [1.82, 2.24) is 0 Å². The Morgan fingerprint density at radius 3 is 2.83 bits per heavy atom. The molecule has 122 valence electrons. The van der Waals surface area contributed by atoms with Crippen LogP contribution in [0.3, 0.4) is 0 Å². The zero-order valence-corrected chi connectivity index (χ0v) is 14.1. The van der Waals surface area contributed by atoms with E-state index in [-0.39, 0.29) is 5.41 Å². The molecule has 0 spiro atoms. The third-order valence-electron chi connectivity index (χ3n) is 7.32. The molecule has 3 aliphatic carbocycles. The minimum absolute atomic E-state index is 0.104. The van der Waals surface area contributed by atoms with Crippen molar-refractivity contribution in [2.45, 2.75) is 57.0 Å². The van der Waals surface area contributed by atoms with Gasteiger partial charge in [-0.1, -0.05) is 18.9 Å². The molecule has 23 heavy (non-hydrogen) atoms. The summed E-state index contributed by atoms with van der Waals surface area (Å²) < 4.78 is 5.39. The van der Waals surface area contributed by atoms with Crippen molar-refractivity contribution in [3.8, 4) is 18.1 Å². The average molecular weight is 310 g/mol. The molecule has 1 N–H and O–H groups in total. The number of ether oxygens (including phenoxy) is 1. The van der Waals surface area contributed by atoms with Gasteiger partial charge in [-0.25, -0.2) is 0 Å². The summed E-state index contributed by atoms with van der Waals surface area (Å²) in [5, 5.41) is 11.0. The van der Waals surface area contributed by atoms with Crippen molar-refractivity contribution in [3.05, 3.63) is 29.3 Å². The summed E-state index contributed by atoms with van der Waals surface area (Å²) in [6.07, 6.45) is 12.1. The van der Waals surface area contributed by atoms with Crippen LogP contribution in [0, 0.1) is 29.6 Å². The molecule has 2 saturated carbocycles. The first-order valence-corrected chi connectivity index (χ1v) is 8.89. The smallest absolute Gasteiger partial charge is 0.130 e. The minimum Gasteiger partial charge on any atom is -0.497 e. The second-order valence-corrected chi connectivity index (χ2v) is 7.98. The Morgan fingerprint density at radius 2 is 2.09 bits per heavy atom. The van der Waals surface area contributed by atoms with Crippen LogP contribution >= 0.6 is 0 Å². The number of methoxy groups -OCH3 is 1. The Bertz CT molecular complexity index is 673. The zero-order chi connectivity index (χ0) is 16.2.